The molecule has 0 radical (unpaired) electrons. The van der Waals surface area contributed by atoms with E-state index in [9.17, 15) is 4.79 Å². The predicted molar refractivity (Wildman–Crippen MR) is 110 cm³/mol. The molecular formula is C21H20N6O. The fraction of sp³-hybridized carbons (Fsp3) is 0.238. The number of nitrogens with two attached hydrogens (primary N) is 1. The molecule has 4 rings (SSSR count). The lowest BCUT2D eigenvalue weighted by Gasteiger charge is -2.18. The van der Waals surface area contributed by atoms with Gasteiger partial charge in [-0.1, -0.05) is 0 Å². The quantitative estimate of drug-likeness (QED) is 0.682. The summed E-state index contributed by atoms with van der Waals surface area (Å²) in [6.45, 7) is 0. The number of nitrogens with zero attached hydrogens (tertiary/aromatic N) is 4. The van der Waals surface area contributed by atoms with E-state index in [2.05, 4.69) is 21.4 Å². The van der Waals surface area contributed by atoms with Gasteiger partial charge in [-0.25, -0.2) is 4.98 Å². The van der Waals surface area contributed by atoms with Crippen LogP contribution in [0.2, 0.25) is 0 Å². The Bertz CT molecular complexity index is 1120. The Kier molecular flexibility index (Phi) is 4.32. The van der Waals surface area contributed by atoms with Gasteiger partial charge >= 0.3 is 0 Å². The van der Waals surface area contributed by atoms with Gasteiger partial charge in [0.1, 0.15) is 5.82 Å². The number of nitrogen functional groups attached to an aromatic ring is 1. The van der Waals surface area contributed by atoms with E-state index in [-0.39, 0.29) is 17.7 Å². The van der Waals surface area contributed by atoms with E-state index in [1.54, 1.807) is 12.4 Å². The van der Waals surface area contributed by atoms with Gasteiger partial charge in [-0.2, -0.15) is 5.26 Å². The van der Waals surface area contributed by atoms with E-state index in [1.165, 1.54) is 0 Å². The van der Waals surface area contributed by atoms with Crippen molar-refractivity contribution in [2.24, 2.45) is 11.8 Å². The number of aromatic nitrogens is 2. The Morgan fingerprint density at radius 1 is 1.32 bits per heavy atom. The lowest BCUT2D eigenvalue weighted by molar-refractivity contribution is -0.117. The number of anilines is 3. The molecule has 1 aliphatic rings. The molecule has 0 aliphatic heterocycles. The van der Waals surface area contributed by atoms with Crippen LogP contribution in [0.5, 0.6) is 0 Å². The number of benzene rings is 1. The van der Waals surface area contributed by atoms with Crippen molar-refractivity contribution in [2.75, 3.05) is 30.0 Å². The maximum Gasteiger partial charge on any atom is 0.230 e. The molecule has 3 aromatic rings. The monoisotopic (exact) mass is 372 g/mol. The fourth-order valence-corrected chi connectivity index (χ4v) is 3.36. The number of hydrogen-bond acceptors (Lipinski definition) is 6. The fourth-order valence-electron chi connectivity index (χ4n) is 3.36. The van der Waals surface area contributed by atoms with Gasteiger partial charge in [-0.3, -0.25) is 9.78 Å². The zero-order chi connectivity index (χ0) is 19.8. The zero-order valence-corrected chi connectivity index (χ0v) is 15.7. The average molecular weight is 372 g/mol. The summed E-state index contributed by atoms with van der Waals surface area (Å²) >= 11 is 0. The molecule has 1 amide bonds. The van der Waals surface area contributed by atoms with Crippen LogP contribution in [0.4, 0.5) is 17.2 Å². The molecule has 1 aromatic carbocycles. The van der Waals surface area contributed by atoms with Gasteiger partial charge in [-0.05, 0) is 41.6 Å². The second-order valence-electron chi connectivity index (χ2n) is 7.21. The van der Waals surface area contributed by atoms with E-state index in [1.807, 2.05) is 49.5 Å². The van der Waals surface area contributed by atoms with Crippen LogP contribution < -0.4 is 16.0 Å². The van der Waals surface area contributed by atoms with Crippen molar-refractivity contribution in [2.45, 2.75) is 6.42 Å². The van der Waals surface area contributed by atoms with Gasteiger partial charge in [0, 0.05) is 55.0 Å². The highest BCUT2D eigenvalue weighted by Crippen LogP contribution is 2.39. The maximum atomic E-state index is 12.2. The number of hydrogen-bond donors (Lipinski definition) is 2. The Hall–Kier alpha value is -3.66. The van der Waals surface area contributed by atoms with Crippen LogP contribution >= 0.6 is 0 Å². The highest BCUT2D eigenvalue weighted by atomic mass is 16.2. The van der Waals surface area contributed by atoms with E-state index in [4.69, 9.17) is 11.0 Å². The maximum absolute atomic E-state index is 12.2. The van der Waals surface area contributed by atoms with Crippen molar-refractivity contribution in [1.29, 1.82) is 5.26 Å². The van der Waals surface area contributed by atoms with Crippen LogP contribution in [-0.2, 0) is 4.79 Å². The molecular weight excluding hydrogens is 352 g/mol. The molecule has 7 nitrogen and oxygen atoms in total. The van der Waals surface area contributed by atoms with E-state index in [0.717, 1.165) is 27.6 Å². The Morgan fingerprint density at radius 3 is 2.86 bits per heavy atom. The van der Waals surface area contributed by atoms with E-state index >= 15 is 0 Å². The summed E-state index contributed by atoms with van der Waals surface area (Å²) in [6, 6.07) is 9.81. The highest BCUT2D eigenvalue weighted by Gasteiger charge is 2.43. The number of amides is 1. The van der Waals surface area contributed by atoms with E-state index < -0.39 is 0 Å². The number of rotatable bonds is 4. The van der Waals surface area contributed by atoms with Gasteiger partial charge in [0.25, 0.3) is 0 Å². The predicted octanol–water partition coefficient (Wildman–Crippen LogP) is 3.04. The number of carbonyl (C=O) groups excluding carboxylic acids is 1. The molecule has 3 N–H and O–H groups in total. The molecule has 1 saturated carbocycles. The summed E-state index contributed by atoms with van der Waals surface area (Å²) in [7, 11) is 3.96. The number of nitriles is 1. The molecule has 7 heteroatoms. The van der Waals surface area contributed by atoms with Crippen LogP contribution in [0.3, 0.4) is 0 Å². The molecule has 28 heavy (non-hydrogen) atoms. The SMILES string of the molecule is CN(C)c1ccncc1-c1cc(N)c2cnc(NC(=O)[C@@H]3C[C@H]3C#N)cc2c1. The third kappa shape index (κ3) is 3.21. The topological polar surface area (TPSA) is 108 Å². The van der Waals surface area contributed by atoms with Crippen molar-refractivity contribution in [3.05, 3.63) is 42.9 Å². The van der Waals surface area contributed by atoms with Crippen LogP contribution in [-0.4, -0.2) is 30.0 Å². The van der Waals surface area contributed by atoms with Crippen molar-refractivity contribution in [3.8, 4) is 17.2 Å². The van der Waals surface area contributed by atoms with Crippen LogP contribution in [0.15, 0.2) is 42.9 Å². The molecule has 0 spiro atoms. The summed E-state index contributed by atoms with van der Waals surface area (Å²) in [5, 5.41) is 13.4. The van der Waals surface area contributed by atoms with Gasteiger partial charge in [-0.15, -0.1) is 0 Å². The molecule has 2 atom stereocenters. The summed E-state index contributed by atoms with van der Waals surface area (Å²) in [4.78, 5) is 22.8. The summed E-state index contributed by atoms with van der Waals surface area (Å²) in [5.41, 5.74) is 9.83. The Labute approximate surface area is 162 Å². The van der Waals surface area contributed by atoms with Crippen molar-refractivity contribution in [3.63, 3.8) is 0 Å². The van der Waals surface area contributed by atoms with Crippen LogP contribution in [0, 0.1) is 23.2 Å². The molecule has 2 aromatic heterocycles. The first-order valence-corrected chi connectivity index (χ1v) is 8.99. The van der Waals surface area contributed by atoms with Gasteiger partial charge in [0.15, 0.2) is 0 Å². The molecule has 0 unspecified atom stereocenters. The number of nitrogens with one attached hydrogen (secondary N) is 1. The highest BCUT2D eigenvalue weighted by molar-refractivity contribution is 6.00. The first-order chi connectivity index (χ1) is 13.5. The van der Waals surface area contributed by atoms with Crippen molar-refractivity contribution >= 4 is 33.9 Å². The van der Waals surface area contributed by atoms with Crippen LogP contribution in [0.1, 0.15) is 6.42 Å². The zero-order valence-electron chi connectivity index (χ0n) is 15.7. The molecule has 2 heterocycles. The lowest BCUT2D eigenvalue weighted by Crippen LogP contribution is -2.15. The number of carbonyl (C=O) groups is 1. The molecule has 0 bridgehead atoms. The normalized spacial score (nSPS) is 17.8. The molecule has 0 saturated heterocycles. The minimum Gasteiger partial charge on any atom is -0.398 e. The number of pyridine rings is 2. The first kappa shape index (κ1) is 17.7. The summed E-state index contributed by atoms with van der Waals surface area (Å²) in [6.07, 6.45) is 5.85. The van der Waals surface area contributed by atoms with Crippen molar-refractivity contribution < 1.29 is 4.79 Å². The van der Waals surface area contributed by atoms with Crippen molar-refractivity contribution in [1.82, 2.24) is 9.97 Å². The summed E-state index contributed by atoms with van der Waals surface area (Å²) in [5.74, 6) is -0.129. The van der Waals surface area contributed by atoms with Gasteiger partial charge in [0.2, 0.25) is 5.91 Å². The Morgan fingerprint density at radius 2 is 2.14 bits per heavy atom. The molecule has 1 aliphatic carbocycles. The van der Waals surface area contributed by atoms with E-state index in [0.29, 0.717) is 17.9 Å². The second kappa shape index (κ2) is 6.82. The lowest BCUT2D eigenvalue weighted by atomic mass is 10.0. The minimum atomic E-state index is -0.239. The Balaban J connectivity index is 1.71. The minimum absolute atomic E-state index is 0.162. The smallest absolute Gasteiger partial charge is 0.230 e. The number of fused-ring (bicyclic) bond motifs is 1. The van der Waals surface area contributed by atoms with Crippen LogP contribution in [0.25, 0.3) is 21.9 Å². The second-order valence-corrected chi connectivity index (χ2v) is 7.21. The first-order valence-electron chi connectivity index (χ1n) is 8.99. The molecule has 140 valence electrons. The molecule has 1 fully saturated rings. The van der Waals surface area contributed by atoms with Gasteiger partial charge < -0.3 is 16.0 Å². The third-order valence-electron chi connectivity index (χ3n) is 5.00. The van der Waals surface area contributed by atoms with Gasteiger partial charge in [0.05, 0.1) is 17.9 Å². The average Bonchev–Trinajstić information content (AvgIpc) is 3.47. The summed E-state index contributed by atoms with van der Waals surface area (Å²) < 4.78 is 0. The largest absolute Gasteiger partial charge is 0.398 e. The third-order valence-corrected chi connectivity index (χ3v) is 5.00. The standard InChI is InChI=1S/C21H20N6O/c1-27(2)19-3-4-24-10-17(19)12-5-13-8-20(25-11-16(13)18(23)7-12)26-21(28)15-6-14(15)9-22/h3-5,7-8,10-11,14-15H,6,23H2,1-2H3,(H,25,26,28)/t14-,15+/m0/s1.